The molecule has 6 heteroatoms. The Kier molecular flexibility index (Phi) is 5.73. The summed E-state index contributed by atoms with van der Waals surface area (Å²) in [5.74, 6) is 0.0511. The number of anilines is 1. The number of alkyl halides is 3. The first-order valence-corrected chi connectivity index (χ1v) is 9.20. The van der Waals surface area contributed by atoms with Crippen molar-refractivity contribution >= 4 is 28.6 Å². The second kappa shape index (κ2) is 8.07. The van der Waals surface area contributed by atoms with Crippen LogP contribution in [0.25, 0.3) is 17.0 Å². The molecule has 0 saturated heterocycles. The first kappa shape index (κ1) is 20.6. The van der Waals surface area contributed by atoms with Gasteiger partial charge in [0.1, 0.15) is 0 Å². The fourth-order valence-electron chi connectivity index (χ4n) is 2.97. The molecule has 2 aromatic carbocycles. The van der Waals surface area contributed by atoms with E-state index in [-0.39, 0.29) is 12.0 Å². The summed E-state index contributed by atoms with van der Waals surface area (Å²) in [5.41, 5.74) is 3.89. The van der Waals surface area contributed by atoms with E-state index in [9.17, 15) is 18.0 Å². The maximum absolute atomic E-state index is 12.6. The van der Waals surface area contributed by atoms with Crippen LogP contribution >= 0.6 is 0 Å². The zero-order valence-corrected chi connectivity index (χ0v) is 16.3. The van der Waals surface area contributed by atoms with Crippen molar-refractivity contribution in [3.05, 3.63) is 77.0 Å². The molecule has 0 saturated carbocycles. The predicted molar refractivity (Wildman–Crippen MR) is 110 cm³/mol. The molecule has 3 aromatic rings. The highest BCUT2D eigenvalue weighted by atomic mass is 19.4. The van der Waals surface area contributed by atoms with Crippen molar-refractivity contribution in [2.45, 2.75) is 32.9 Å². The summed E-state index contributed by atoms with van der Waals surface area (Å²) in [7, 11) is 0. The Morgan fingerprint density at radius 3 is 2.52 bits per heavy atom. The number of carbonyl (C=O) groups is 1. The highest BCUT2D eigenvalue weighted by molar-refractivity contribution is 6.06. The number of hydrogen-bond donors (Lipinski definition) is 1. The lowest BCUT2D eigenvalue weighted by Crippen LogP contribution is -2.13. The third-order valence-corrected chi connectivity index (χ3v) is 4.59. The van der Waals surface area contributed by atoms with E-state index in [1.807, 2.05) is 18.3 Å². The molecule has 29 heavy (non-hydrogen) atoms. The third kappa shape index (κ3) is 5.22. The monoisotopic (exact) mass is 398 g/mol. The van der Waals surface area contributed by atoms with Gasteiger partial charge in [0, 0.05) is 28.9 Å². The third-order valence-electron chi connectivity index (χ3n) is 4.59. The minimum Gasteiger partial charge on any atom is -0.322 e. The Bertz CT molecular complexity index is 1090. The summed E-state index contributed by atoms with van der Waals surface area (Å²) >= 11 is 0. The summed E-state index contributed by atoms with van der Waals surface area (Å²) in [5, 5.41) is 3.82. The van der Waals surface area contributed by atoms with E-state index >= 15 is 0 Å². The minimum atomic E-state index is -4.37. The highest BCUT2D eigenvalue weighted by Gasteiger charge is 2.21. The van der Waals surface area contributed by atoms with Crippen LogP contribution in [0.5, 0.6) is 0 Å². The number of halogens is 3. The van der Waals surface area contributed by atoms with Crippen molar-refractivity contribution in [1.29, 1.82) is 0 Å². The van der Waals surface area contributed by atoms with E-state index in [1.54, 1.807) is 19.1 Å². The van der Waals surface area contributed by atoms with Crippen LogP contribution < -0.4 is 5.32 Å². The topological polar surface area (TPSA) is 42.0 Å². The average molecular weight is 398 g/mol. The molecule has 0 fully saturated rings. The standard InChI is InChI=1S/C23H21F3N2O/c1-14(2)18-11-17-5-6-19(12-21(17)27-13-18)28-22(29)20-7-4-16(10-15(20)3)8-9-23(24,25)26/h4-14H,1-3H3,(H,28,29)/b9-8+. The average Bonchev–Trinajstić information content (AvgIpc) is 2.65. The van der Waals surface area contributed by atoms with Crippen LogP contribution in [-0.4, -0.2) is 17.1 Å². The van der Waals surface area contributed by atoms with Gasteiger partial charge in [-0.15, -0.1) is 0 Å². The molecular formula is C23H21F3N2O. The van der Waals surface area contributed by atoms with E-state index in [2.05, 4.69) is 30.2 Å². The van der Waals surface area contributed by atoms with Crippen LogP contribution in [0.2, 0.25) is 0 Å². The molecule has 1 heterocycles. The fraction of sp³-hybridized carbons (Fsp3) is 0.217. The lowest BCUT2D eigenvalue weighted by Gasteiger charge is -2.10. The Hall–Kier alpha value is -3.15. The second-order valence-electron chi connectivity index (χ2n) is 7.23. The largest absolute Gasteiger partial charge is 0.409 e. The van der Waals surface area contributed by atoms with E-state index in [1.165, 1.54) is 12.1 Å². The normalized spacial score (nSPS) is 12.1. The number of nitrogens with zero attached hydrogens (tertiary/aromatic N) is 1. The van der Waals surface area contributed by atoms with Crippen LogP contribution in [0.1, 0.15) is 46.8 Å². The molecule has 0 spiro atoms. The van der Waals surface area contributed by atoms with Gasteiger partial charge in [-0.05, 0) is 53.8 Å². The number of fused-ring (bicyclic) bond motifs is 1. The molecule has 150 valence electrons. The molecular weight excluding hydrogens is 377 g/mol. The van der Waals surface area contributed by atoms with Gasteiger partial charge in [-0.3, -0.25) is 9.78 Å². The Labute approximate surface area is 167 Å². The molecule has 0 bridgehead atoms. The molecule has 0 atom stereocenters. The molecule has 0 aliphatic rings. The van der Waals surface area contributed by atoms with Gasteiger partial charge < -0.3 is 5.32 Å². The molecule has 0 radical (unpaired) electrons. The molecule has 1 N–H and O–H groups in total. The number of nitrogens with one attached hydrogen (secondary N) is 1. The lowest BCUT2D eigenvalue weighted by molar-refractivity contribution is -0.0790. The number of allylic oxidation sites excluding steroid dienone is 1. The number of aromatic nitrogens is 1. The predicted octanol–water partition coefficient (Wildman–Crippen LogP) is 6.49. The molecule has 3 nitrogen and oxygen atoms in total. The van der Waals surface area contributed by atoms with Crippen LogP contribution in [0.4, 0.5) is 18.9 Å². The van der Waals surface area contributed by atoms with Gasteiger partial charge in [0.05, 0.1) is 5.52 Å². The summed E-state index contributed by atoms with van der Waals surface area (Å²) < 4.78 is 36.9. The Balaban J connectivity index is 1.79. The zero-order valence-electron chi connectivity index (χ0n) is 16.3. The molecule has 0 aliphatic carbocycles. The fourth-order valence-corrected chi connectivity index (χ4v) is 2.97. The number of rotatable bonds is 4. The van der Waals surface area contributed by atoms with Gasteiger partial charge in [-0.1, -0.05) is 38.1 Å². The van der Waals surface area contributed by atoms with Crippen LogP contribution in [0, 0.1) is 6.92 Å². The van der Waals surface area contributed by atoms with E-state index in [4.69, 9.17) is 0 Å². The lowest BCUT2D eigenvalue weighted by atomic mass is 10.0. The summed E-state index contributed by atoms with van der Waals surface area (Å²) in [6.07, 6.45) is -1.39. The SMILES string of the molecule is Cc1cc(/C=C/C(F)(F)F)ccc1C(=O)Nc1ccc2cc(C(C)C)cnc2c1. The van der Waals surface area contributed by atoms with Crippen molar-refractivity contribution in [2.75, 3.05) is 5.32 Å². The van der Waals surface area contributed by atoms with Gasteiger partial charge in [0.2, 0.25) is 0 Å². The van der Waals surface area contributed by atoms with Crippen molar-refractivity contribution < 1.29 is 18.0 Å². The van der Waals surface area contributed by atoms with Crippen LogP contribution in [0.3, 0.4) is 0 Å². The zero-order chi connectivity index (χ0) is 21.2. The number of aryl methyl sites for hydroxylation is 1. The van der Waals surface area contributed by atoms with E-state index < -0.39 is 6.18 Å². The van der Waals surface area contributed by atoms with Gasteiger partial charge in [-0.2, -0.15) is 13.2 Å². The van der Waals surface area contributed by atoms with Gasteiger partial charge >= 0.3 is 6.18 Å². The summed E-state index contributed by atoms with van der Waals surface area (Å²) in [6, 6.07) is 12.1. The number of amides is 1. The number of carbonyl (C=O) groups excluding carboxylic acids is 1. The Morgan fingerprint density at radius 2 is 1.86 bits per heavy atom. The number of benzene rings is 2. The maximum Gasteiger partial charge on any atom is 0.409 e. The molecule has 0 aliphatic heterocycles. The van der Waals surface area contributed by atoms with Crippen molar-refractivity contribution in [3.8, 4) is 0 Å². The number of hydrogen-bond acceptors (Lipinski definition) is 2. The first-order valence-electron chi connectivity index (χ1n) is 9.20. The first-order chi connectivity index (χ1) is 13.6. The van der Waals surface area contributed by atoms with Crippen molar-refractivity contribution in [2.24, 2.45) is 0 Å². The molecule has 1 amide bonds. The van der Waals surface area contributed by atoms with Gasteiger partial charge in [0.25, 0.3) is 5.91 Å². The van der Waals surface area contributed by atoms with Crippen molar-refractivity contribution in [1.82, 2.24) is 4.98 Å². The second-order valence-corrected chi connectivity index (χ2v) is 7.23. The quantitative estimate of drug-likeness (QED) is 0.545. The Morgan fingerprint density at radius 1 is 1.10 bits per heavy atom. The summed E-state index contributed by atoms with van der Waals surface area (Å²) in [4.78, 5) is 17.1. The molecule has 1 aromatic heterocycles. The number of pyridine rings is 1. The van der Waals surface area contributed by atoms with E-state index in [0.717, 1.165) is 22.5 Å². The van der Waals surface area contributed by atoms with Gasteiger partial charge in [-0.25, -0.2) is 0 Å². The minimum absolute atomic E-state index is 0.175. The van der Waals surface area contributed by atoms with Crippen molar-refractivity contribution in [3.63, 3.8) is 0 Å². The van der Waals surface area contributed by atoms with E-state index in [0.29, 0.717) is 28.3 Å². The summed E-state index contributed by atoms with van der Waals surface area (Å²) in [6.45, 7) is 5.89. The smallest absolute Gasteiger partial charge is 0.322 e. The molecule has 0 unspecified atom stereocenters. The van der Waals surface area contributed by atoms with Gasteiger partial charge in [0.15, 0.2) is 0 Å². The van der Waals surface area contributed by atoms with Crippen LogP contribution in [0.15, 0.2) is 54.7 Å². The molecule has 3 rings (SSSR count). The highest BCUT2D eigenvalue weighted by Crippen LogP contribution is 2.23. The maximum atomic E-state index is 12.6. The van der Waals surface area contributed by atoms with Crippen LogP contribution in [-0.2, 0) is 0 Å².